The van der Waals surface area contributed by atoms with Gasteiger partial charge in [-0.1, -0.05) is 42.5 Å². The highest BCUT2D eigenvalue weighted by molar-refractivity contribution is 6.13. The Balaban J connectivity index is 1.92. The third kappa shape index (κ3) is 2.24. The summed E-state index contributed by atoms with van der Waals surface area (Å²) < 4.78 is 0. The Morgan fingerprint density at radius 1 is 0.833 bits per heavy atom. The van der Waals surface area contributed by atoms with Gasteiger partial charge >= 0.3 is 0 Å². The van der Waals surface area contributed by atoms with Crippen molar-refractivity contribution in [3.63, 3.8) is 0 Å². The molecular formula is C20H16N2O2. The van der Waals surface area contributed by atoms with Crippen LogP contribution in [0.25, 0.3) is 10.8 Å². The molecule has 24 heavy (non-hydrogen) atoms. The van der Waals surface area contributed by atoms with E-state index in [1.165, 1.54) is 4.90 Å². The molecule has 3 aromatic rings. The summed E-state index contributed by atoms with van der Waals surface area (Å²) in [7, 11) is 1.65. The highest BCUT2D eigenvalue weighted by Crippen LogP contribution is 2.33. The number of carbonyl (C=O) groups excluding carboxylic acids is 2. The fourth-order valence-electron chi connectivity index (χ4n) is 3.13. The van der Waals surface area contributed by atoms with Gasteiger partial charge < -0.3 is 4.90 Å². The second kappa shape index (κ2) is 5.49. The van der Waals surface area contributed by atoms with Crippen LogP contribution in [0.3, 0.4) is 0 Å². The first-order valence-electron chi connectivity index (χ1n) is 7.81. The van der Waals surface area contributed by atoms with E-state index in [-0.39, 0.29) is 18.4 Å². The highest BCUT2D eigenvalue weighted by Gasteiger charge is 2.30. The Kier molecular flexibility index (Phi) is 3.31. The maximum absolute atomic E-state index is 12.8. The van der Waals surface area contributed by atoms with Crippen LogP contribution in [0.1, 0.15) is 10.4 Å². The fraction of sp³-hybridized carbons (Fsp3) is 0.100. The van der Waals surface area contributed by atoms with Gasteiger partial charge in [0.05, 0.1) is 11.3 Å². The first-order chi connectivity index (χ1) is 11.6. The van der Waals surface area contributed by atoms with Crippen LogP contribution in [0.5, 0.6) is 0 Å². The molecule has 4 rings (SSSR count). The van der Waals surface area contributed by atoms with E-state index >= 15 is 0 Å². The Morgan fingerprint density at radius 3 is 2.38 bits per heavy atom. The smallest absolute Gasteiger partial charge is 0.256 e. The van der Waals surface area contributed by atoms with E-state index in [2.05, 4.69) is 0 Å². The van der Waals surface area contributed by atoms with E-state index in [0.29, 0.717) is 11.3 Å². The lowest BCUT2D eigenvalue weighted by molar-refractivity contribution is -0.118. The zero-order chi connectivity index (χ0) is 16.7. The molecule has 0 saturated heterocycles. The lowest BCUT2D eigenvalue weighted by atomic mass is 10.1. The van der Waals surface area contributed by atoms with Crippen LogP contribution >= 0.6 is 0 Å². The van der Waals surface area contributed by atoms with Crippen molar-refractivity contribution >= 4 is 34.0 Å². The molecule has 0 aromatic heterocycles. The normalized spacial score (nSPS) is 14.7. The number of benzene rings is 3. The SMILES string of the molecule is CN1CC(=O)N(c2ccc3ccccc3c2)c2ccccc2C1=O. The number of para-hydroxylation sites is 1. The maximum Gasteiger partial charge on any atom is 0.256 e. The lowest BCUT2D eigenvalue weighted by Crippen LogP contribution is -2.34. The number of hydrogen-bond donors (Lipinski definition) is 0. The second-order valence-electron chi connectivity index (χ2n) is 5.94. The van der Waals surface area contributed by atoms with Gasteiger partial charge in [-0.05, 0) is 35.0 Å². The average molecular weight is 316 g/mol. The van der Waals surface area contributed by atoms with Gasteiger partial charge in [-0.2, -0.15) is 0 Å². The number of amides is 2. The molecule has 118 valence electrons. The largest absolute Gasteiger partial charge is 0.332 e. The first-order valence-corrected chi connectivity index (χ1v) is 7.81. The Labute approximate surface area is 139 Å². The summed E-state index contributed by atoms with van der Waals surface area (Å²) in [5, 5.41) is 2.18. The summed E-state index contributed by atoms with van der Waals surface area (Å²) in [6, 6.07) is 21.2. The van der Waals surface area contributed by atoms with Crippen molar-refractivity contribution in [1.29, 1.82) is 0 Å². The summed E-state index contributed by atoms with van der Waals surface area (Å²) in [6.07, 6.45) is 0. The molecule has 0 N–H and O–H groups in total. The number of nitrogens with zero attached hydrogens (tertiary/aromatic N) is 2. The predicted molar refractivity (Wildman–Crippen MR) is 94.5 cm³/mol. The third-order valence-electron chi connectivity index (χ3n) is 4.34. The molecule has 1 aliphatic rings. The number of fused-ring (bicyclic) bond motifs is 2. The molecule has 0 saturated carbocycles. The van der Waals surface area contributed by atoms with Crippen molar-refractivity contribution in [3.8, 4) is 0 Å². The van der Waals surface area contributed by atoms with E-state index in [1.807, 2.05) is 60.7 Å². The summed E-state index contributed by atoms with van der Waals surface area (Å²) in [4.78, 5) is 28.4. The summed E-state index contributed by atoms with van der Waals surface area (Å²) in [5.41, 5.74) is 1.94. The minimum Gasteiger partial charge on any atom is -0.332 e. The van der Waals surface area contributed by atoms with Gasteiger partial charge in [0.15, 0.2) is 0 Å². The zero-order valence-electron chi connectivity index (χ0n) is 13.3. The van der Waals surface area contributed by atoms with Crippen LogP contribution in [0, 0.1) is 0 Å². The molecule has 0 fully saturated rings. The summed E-state index contributed by atoms with van der Waals surface area (Å²) in [6.45, 7) is 0.0559. The molecule has 4 nitrogen and oxygen atoms in total. The van der Waals surface area contributed by atoms with Crippen LogP contribution in [0.15, 0.2) is 66.7 Å². The van der Waals surface area contributed by atoms with Gasteiger partial charge in [0, 0.05) is 12.7 Å². The van der Waals surface area contributed by atoms with E-state index in [4.69, 9.17) is 0 Å². The van der Waals surface area contributed by atoms with Gasteiger partial charge in [-0.15, -0.1) is 0 Å². The molecule has 0 bridgehead atoms. The number of anilines is 2. The van der Waals surface area contributed by atoms with Gasteiger partial charge in [0.25, 0.3) is 11.8 Å². The number of hydrogen-bond acceptors (Lipinski definition) is 2. The first kappa shape index (κ1) is 14.5. The summed E-state index contributed by atoms with van der Waals surface area (Å²) in [5.74, 6) is -0.256. The molecule has 1 heterocycles. The van der Waals surface area contributed by atoms with Crippen molar-refractivity contribution in [2.24, 2.45) is 0 Å². The van der Waals surface area contributed by atoms with Crippen LogP contribution < -0.4 is 4.90 Å². The molecule has 0 atom stereocenters. The summed E-state index contributed by atoms with van der Waals surface area (Å²) >= 11 is 0. The van der Waals surface area contributed by atoms with Crippen molar-refractivity contribution in [1.82, 2.24) is 4.90 Å². The molecule has 2 amide bonds. The van der Waals surface area contributed by atoms with Crippen molar-refractivity contribution in [2.75, 3.05) is 18.5 Å². The standard InChI is InChI=1S/C20H16N2O2/c1-21-13-19(23)22(18-9-5-4-8-17(18)20(21)24)16-11-10-14-6-2-3-7-15(14)12-16/h2-12H,13H2,1H3. The molecule has 0 spiro atoms. The molecule has 4 heteroatoms. The molecule has 0 aliphatic carbocycles. The van der Waals surface area contributed by atoms with Crippen LogP contribution in [-0.4, -0.2) is 30.3 Å². The molecular weight excluding hydrogens is 300 g/mol. The average Bonchev–Trinajstić information content (AvgIpc) is 2.70. The Morgan fingerprint density at radius 2 is 1.54 bits per heavy atom. The monoisotopic (exact) mass is 316 g/mol. The highest BCUT2D eigenvalue weighted by atomic mass is 16.2. The Hall–Kier alpha value is -3.14. The van der Waals surface area contributed by atoms with E-state index < -0.39 is 0 Å². The fourth-order valence-corrected chi connectivity index (χ4v) is 3.13. The van der Waals surface area contributed by atoms with Gasteiger partial charge in [-0.25, -0.2) is 0 Å². The second-order valence-corrected chi connectivity index (χ2v) is 5.94. The van der Waals surface area contributed by atoms with Crippen LogP contribution in [0.2, 0.25) is 0 Å². The molecule has 0 radical (unpaired) electrons. The zero-order valence-corrected chi connectivity index (χ0v) is 13.3. The molecule has 0 unspecified atom stereocenters. The number of likely N-dealkylation sites (N-methyl/N-ethyl adjacent to an activating group) is 1. The van der Waals surface area contributed by atoms with Crippen molar-refractivity contribution < 1.29 is 9.59 Å². The van der Waals surface area contributed by atoms with E-state index in [0.717, 1.165) is 16.5 Å². The predicted octanol–water partition coefficient (Wildman–Crippen LogP) is 3.59. The van der Waals surface area contributed by atoms with Gasteiger partial charge in [0.2, 0.25) is 0 Å². The van der Waals surface area contributed by atoms with Gasteiger partial charge in [0.1, 0.15) is 6.54 Å². The maximum atomic E-state index is 12.8. The van der Waals surface area contributed by atoms with E-state index in [9.17, 15) is 9.59 Å². The van der Waals surface area contributed by atoms with Crippen molar-refractivity contribution in [3.05, 3.63) is 72.3 Å². The quantitative estimate of drug-likeness (QED) is 0.688. The lowest BCUT2D eigenvalue weighted by Gasteiger charge is -2.22. The number of rotatable bonds is 1. The third-order valence-corrected chi connectivity index (χ3v) is 4.34. The van der Waals surface area contributed by atoms with Crippen LogP contribution in [0.4, 0.5) is 11.4 Å². The van der Waals surface area contributed by atoms with Crippen molar-refractivity contribution in [2.45, 2.75) is 0 Å². The molecule has 3 aromatic carbocycles. The van der Waals surface area contributed by atoms with Crippen LogP contribution in [-0.2, 0) is 4.79 Å². The molecule has 1 aliphatic heterocycles. The van der Waals surface area contributed by atoms with E-state index in [1.54, 1.807) is 18.0 Å². The minimum absolute atomic E-state index is 0.0559. The van der Waals surface area contributed by atoms with Gasteiger partial charge in [-0.3, -0.25) is 14.5 Å². The topological polar surface area (TPSA) is 40.6 Å². The minimum atomic E-state index is -0.137. The Bertz CT molecular complexity index is 965. The number of carbonyl (C=O) groups is 2.